The lowest BCUT2D eigenvalue weighted by Gasteiger charge is -2.54. The average Bonchev–Trinajstić information content (AvgIpc) is 0.754. The van der Waals surface area contributed by atoms with Gasteiger partial charge in [0.25, 0.3) is 17.7 Å². The lowest BCUT2D eigenvalue weighted by Crippen LogP contribution is -2.64. The van der Waals surface area contributed by atoms with Crippen molar-refractivity contribution in [3.05, 3.63) is 117 Å². The first-order valence-electron chi connectivity index (χ1n) is 38.8. The molecule has 7 heterocycles. The average molecular weight is 1680 g/mol. The summed E-state index contributed by atoms with van der Waals surface area (Å²) < 4.78 is 49.2. The second kappa shape index (κ2) is 35.8. The maximum Gasteiger partial charge on any atom is 0.259 e. The predicted octanol–water partition coefficient (Wildman–Crippen LogP) is 1.39. The van der Waals surface area contributed by atoms with E-state index in [-0.39, 0.29) is 82.9 Å². The number of methoxy groups -OCH3 is 1. The highest BCUT2D eigenvalue weighted by molar-refractivity contribution is 6.32. The minimum atomic E-state index is -2.73. The van der Waals surface area contributed by atoms with Crippen LogP contribution >= 0.6 is 23.2 Å². The van der Waals surface area contributed by atoms with Gasteiger partial charge in [0, 0.05) is 42.3 Å². The molecule has 18 atom stereocenters. The number of benzene rings is 5. The van der Waals surface area contributed by atoms with E-state index in [1.807, 2.05) is 5.32 Å². The molecule has 1 unspecified atom stereocenters. The zero-order chi connectivity index (χ0) is 84.8. The van der Waals surface area contributed by atoms with Crippen LogP contribution in [-0.2, 0) is 66.8 Å². The van der Waals surface area contributed by atoms with Gasteiger partial charge in [0.2, 0.25) is 47.5 Å². The Morgan fingerprint density at radius 2 is 1.27 bits per heavy atom. The molecule has 20 N–H and O–H groups in total. The topological polar surface area (TPSA) is 544 Å². The molecule has 4 saturated carbocycles. The molecule has 7 aliphatic heterocycles. The van der Waals surface area contributed by atoms with Crippen LogP contribution in [0.1, 0.15) is 131 Å². The van der Waals surface area contributed by atoms with Gasteiger partial charge in [-0.1, -0.05) is 55.2 Å². The Hall–Kier alpha value is -9.61. The van der Waals surface area contributed by atoms with Crippen molar-refractivity contribution < 1.29 is 127 Å². The third kappa shape index (κ3) is 18.3. The van der Waals surface area contributed by atoms with Crippen LogP contribution < -0.4 is 67.8 Å². The van der Waals surface area contributed by atoms with Crippen molar-refractivity contribution in [1.29, 1.82) is 0 Å². The standard InChI is InChI=1S/C80H96Cl2N10O26/c1-31(2)15-46(84-5)71(103)90-61-64(98)36-8-11-49(44(81)22-36)114-51-24-40-25-52(68(51)118-79-69(67(101)66(100)53(29-93)116-79)117-55-28-80(4,83)70(102)32(3)113-55)115-50-12-9-37(23-45(50)82)65(99)62-75(107)89-60(74(106)86-57-38-17-33-16-34(19-38)20-39(57)18-33)43-26-41(94)27-48(96)56(43)42-21-35(7-10-47(42)95)58(72(104)91-62)87-73(105)59(40)88-78(110)63(92-76(61)108)77(109)85-54(97)30-112-14-13-111-6/h7-12,21-27,31-34,38-39,46,53,55,57-67,69-70,79,84,93-96,98-102H,13-20,28-30,83H2,1-6H3,(H,86,106)(H,87,105)(H,88,110)(H,89,107)(H,90,103)(H,91,104)(H,92,108)(H,85,97,109)/t32-,33?,34?,38?,39?,46+,53+,55-,57?,58+,59+,60-,61+,62-,63?,64+,65+,66+,67-,69+,70+,79-,80-/m0/s1. The molecule has 2 saturated heterocycles. The normalized spacial score (nSPS) is 31.5. The summed E-state index contributed by atoms with van der Waals surface area (Å²) in [5.41, 5.74) is 2.73. The Morgan fingerprint density at radius 3 is 1.88 bits per heavy atom. The minimum Gasteiger partial charge on any atom is -0.508 e. The van der Waals surface area contributed by atoms with Crippen molar-refractivity contribution in [3.63, 3.8) is 0 Å². The summed E-state index contributed by atoms with van der Waals surface area (Å²) in [7, 11) is 2.80. The number of likely N-dealkylation sites (N-methyl/N-ethyl adjacent to an activating group) is 1. The van der Waals surface area contributed by atoms with Gasteiger partial charge in [-0.2, -0.15) is 0 Å². The summed E-state index contributed by atoms with van der Waals surface area (Å²) in [5.74, 6) is -15.9. The maximum atomic E-state index is 16.5. The van der Waals surface area contributed by atoms with Gasteiger partial charge in [0.05, 0.1) is 48.1 Å². The fourth-order valence-corrected chi connectivity index (χ4v) is 17.7. The molecule has 6 fully saturated rings. The van der Waals surface area contributed by atoms with E-state index in [9.17, 15) is 60.3 Å². The molecule has 16 rings (SSSR count). The molecule has 0 spiro atoms. The summed E-state index contributed by atoms with van der Waals surface area (Å²) in [6.07, 6.45) is -13.5. The molecule has 9 amide bonds. The number of halogens is 2. The number of rotatable bonds is 18. The maximum absolute atomic E-state index is 16.5. The molecule has 38 heteroatoms. The van der Waals surface area contributed by atoms with Gasteiger partial charge in [0.1, 0.15) is 96.1 Å². The Bertz CT molecular complexity index is 4670. The second-order valence-corrected chi connectivity index (χ2v) is 32.8. The van der Waals surface area contributed by atoms with E-state index in [1.165, 1.54) is 46.2 Å². The van der Waals surface area contributed by atoms with Crippen LogP contribution in [0, 0.1) is 29.6 Å². The van der Waals surface area contributed by atoms with E-state index >= 15 is 28.8 Å². The van der Waals surface area contributed by atoms with Crippen LogP contribution in [0.4, 0.5) is 0 Å². The van der Waals surface area contributed by atoms with Gasteiger partial charge in [0.15, 0.2) is 29.9 Å². The lowest BCUT2D eigenvalue weighted by molar-refractivity contribution is -0.333. The Labute approximate surface area is 685 Å². The molecule has 15 bridgehead atoms. The monoisotopic (exact) mass is 1680 g/mol. The van der Waals surface area contributed by atoms with E-state index in [2.05, 4.69) is 42.5 Å². The zero-order valence-electron chi connectivity index (χ0n) is 64.9. The number of ether oxygens (including phenoxy) is 8. The Balaban J connectivity index is 1.02. The van der Waals surface area contributed by atoms with Gasteiger partial charge in [-0.05, 0) is 171 Å². The number of aliphatic hydroxyl groups excluding tert-OH is 6. The van der Waals surface area contributed by atoms with E-state index in [0.717, 1.165) is 92.8 Å². The summed E-state index contributed by atoms with van der Waals surface area (Å²) >= 11 is 14.4. The predicted molar refractivity (Wildman–Crippen MR) is 413 cm³/mol. The minimum absolute atomic E-state index is 0.0248. The van der Waals surface area contributed by atoms with Crippen LogP contribution in [-0.4, -0.2) is 225 Å². The number of nitrogens with one attached hydrogen (secondary N) is 9. The van der Waals surface area contributed by atoms with Crippen molar-refractivity contribution in [2.24, 2.45) is 35.3 Å². The summed E-state index contributed by atoms with van der Waals surface area (Å²) in [6, 6.07) is -1.10. The van der Waals surface area contributed by atoms with Crippen molar-refractivity contribution in [1.82, 2.24) is 47.9 Å². The van der Waals surface area contributed by atoms with Gasteiger partial charge in [-0.25, -0.2) is 0 Å². The number of carbonyl (C=O) groups is 9. The van der Waals surface area contributed by atoms with Crippen molar-refractivity contribution in [2.75, 3.05) is 40.6 Å². The van der Waals surface area contributed by atoms with Gasteiger partial charge in [-0.15, -0.1) is 0 Å². The molecule has 5 aromatic carbocycles. The quantitative estimate of drug-likeness (QED) is 0.0435. The highest BCUT2D eigenvalue weighted by atomic mass is 35.5. The number of imide groups is 1. The molecule has 636 valence electrons. The van der Waals surface area contributed by atoms with Crippen molar-refractivity contribution in [3.8, 4) is 57.1 Å². The molecule has 11 aliphatic rings. The third-order valence-electron chi connectivity index (χ3n) is 23.0. The van der Waals surface area contributed by atoms with Crippen LogP contribution in [0.3, 0.4) is 0 Å². The second-order valence-electron chi connectivity index (χ2n) is 32.0. The fraction of sp³-hybridized carbons (Fsp3) is 0.512. The van der Waals surface area contributed by atoms with Crippen LogP contribution in [0.25, 0.3) is 11.1 Å². The van der Waals surface area contributed by atoms with Gasteiger partial charge < -0.3 is 132 Å². The molecule has 4 aliphatic carbocycles. The van der Waals surface area contributed by atoms with Crippen LogP contribution in [0.2, 0.25) is 10.0 Å². The number of carbonyl (C=O) groups excluding carboxylic acids is 9. The number of nitrogens with two attached hydrogens (primary N) is 1. The highest BCUT2D eigenvalue weighted by Gasteiger charge is 2.53. The molecular weight excluding hydrogens is 1590 g/mol. The van der Waals surface area contributed by atoms with Gasteiger partial charge >= 0.3 is 0 Å². The number of amides is 9. The summed E-state index contributed by atoms with van der Waals surface area (Å²) in [5, 5.41) is 128. The van der Waals surface area contributed by atoms with Crippen LogP contribution in [0.15, 0.2) is 78.9 Å². The van der Waals surface area contributed by atoms with E-state index in [4.69, 9.17) is 66.8 Å². The first-order chi connectivity index (χ1) is 56.1. The number of hydrogen-bond donors (Lipinski definition) is 19. The number of hydrogen-bond acceptors (Lipinski definition) is 28. The summed E-state index contributed by atoms with van der Waals surface area (Å²) in [6.45, 7) is 4.55. The van der Waals surface area contributed by atoms with E-state index < -0.39 is 238 Å². The number of phenolic OH excluding ortho intramolecular Hbond substituents is 3. The first kappa shape index (κ1) is 86.2. The molecule has 0 radical (unpaired) electrons. The molecular formula is C80H96Cl2N10O26. The highest BCUT2D eigenvalue weighted by Crippen LogP contribution is 2.55. The molecule has 0 aromatic heterocycles. The number of phenols is 3. The number of aliphatic hydroxyl groups is 6. The van der Waals surface area contributed by atoms with Gasteiger partial charge in [-0.3, -0.25) is 48.5 Å². The first-order valence-corrected chi connectivity index (χ1v) is 39.5. The molecule has 36 nitrogen and oxygen atoms in total. The van der Waals surface area contributed by atoms with E-state index in [1.54, 1.807) is 13.8 Å². The Kier molecular flexibility index (Phi) is 26.1. The SMILES string of the molecule is CN[C@H](CC(C)C)C(=O)N[C@H]1C(=O)NC(C(=O)NC(=O)COCCOC)C(=O)N[C@H]2C(=O)N[C@H]3C(=O)N[C@H](C(=O)N[C@H](C(=O)NC4C5CC6CC(C5)CC4C6)c4cc(O)cc(O)c4-c4cc3ccc4O)[C@H](O)c3ccc(c(Cl)c3)Oc3cc2cc(c3O[C@@H]2O[C@H](CO)[C@@H](O)[C@H](O)[C@H]2O[C@H]2C[C@](C)(N)[C@H](O)[C@H](C)O2)Oc2ccc(cc2Cl)[C@H]1O. The fourth-order valence-electron chi connectivity index (χ4n) is 17.3. The zero-order valence-corrected chi connectivity index (χ0v) is 66.4. The lowest BCUT2D eigenvalue weighted by atomic mass is 9.54. The number of aromatic hydroxyl groups is 3. The van der Waals surface area contributed by atoms with Crippen molar-refractivity contribution in [2.45, 2.75) is 188 Å². The summed E-state index contributed by atoms with van der Waals surface area (Å²) in [4.78, 5) is 138. The molecule has 5 aromatic rings. The van der Waals surface area contributed by atoms with Crippen LogP contribution in [0.5, 0.6) is 46.0 Å². The number of fused-ring (bicyclic) bond motifs is 15. The third-order valence-corrected chi connectivity index (χ3v) is 23.6. The van der Waals surface area contributed by atoms with Crippen molar-refractivity contribution >= 4 is 76.4 Å². The molecule has 118 heavy (non-hydrogen) atoms. The smallest absolute Gasteiger partial charge is 0.259 e. The Morgan fingerprint density at radius 1 is 0.661 bits per heavy atom. The largest absolute Gasteiger partial charge is 0.508 e. The van der Waals surface area contributed by atoms with E-state index in [0.29, 0.717) is 11.8 Å².